The van der Waals surface area contributed by atoms with Gasteiger partial charge >= 0.3 is 0 Å². The lowest BCUT2D eigenvalue weighted by Gasteiger charge is -2.14. The minimum atomic E-state index is -2.84. The minimum Gasteiger partial charge on any atom is -0.444 e. The first-order valence-corrected chi connectivity index (χ1v) is 8.17. The molecule has 0 bridgehead atoms. The molecule has 0 aromatic carbocycles. The van der Waals surface area contributed by atoms with E-state index in [1.807, 2.05) is 6.92 Å². The van der Waals surface area contributed by atoms with Gasteiger partial charge in [-0.25, -0.2) is 13.4 Å². The van der Waals surface area contributed by atoms with Crippen LogP contribution in [0.1, 0.15) is 25.0 Å². The normalized spacial score (nSPS) is 30.7. The second-order valence-electron chi connectivity index (χ2n) is 5.22. The molecule has 0 aliphatic carbocycles. The molecule has 2 atom stereocenters. The van der Waals surface area contributed by atoms with E-state index in [4.69, 9.17) is 4.42 Å². The largest absolute Gasteiger partial charge is 0.444 e. The summed E-state index contributed by atoms with van der Waals surface area (Å²) in [6.07, 6.45) is 3.36. The maximum atomic E-state index is 11.8. The van der Waals surface area contributed by atoms with Crippen molar-refractivity contribution in [3.63, 3.8) is 0 Å². The first-order valence-electron chi connectivity index (χ1n) is 6.46. The fraction of sp³-hybridized carbons (Fsp3) is 0.750. The van der Waals surface area contributed by atoms with E-state index in [1.165, 1.54) is 0 Å². The molecule has 6 heteroatoms. The first kappa shape index (κ1) is 12.2. The lowest BCUT2D eigenvalue weighted by Crippen LogP contribution is -2.26. The SMILES string of the molecule is CCc1ncc(CN2C[C@@H]3CCS(=O)(=O)[C@@H]3C2)o1. The smallest absolute Gasteiger partial charge is 0.194 e. The molecule has 2 saturated heterocycles. The molecule has 0 unspecified atom stereocenters. The van der Waals surface area contributed by atoms with E-state index >= 15 is 0 Å². The van der Waals surface area contributed by atoms with Crippen LogP contribution in [0.25, 0.3) is 0 Å². The van der Waals surface area contributed by atoms with Crippen molar-refractivity contribution in [2.75, 3.05) is 18.8 Å². The lowest BCUT2D eigenvalue weighted by molar-refractivity contribution is 0.281. The highest BCUT2D eigenvalue weighted by atomic mass is 32.2. The summed E-state index contributed by atoms with van der Waals surface area (Å²) in [4.78, 5) is 6.34. The van der Waals surface area contributed by atoms with Gasteiger partial charge in [0, 0.05) is 19.5 Å². The van der Waals surface area contributed by atoms with Gasteiger partial charge in [-0.2, -0.15) is 0 Å². The number of aryl methyl sites for hydroxylation is 1. The van der Waals surface area contributed by atoms with Crippen LogP contribution in [0.2, 0.25) is 0 Å². The zero-order chi connectivity index (χ0) is 12.8. The number of oxazole rings is 1. The number of sulfone groups is 1. The summed E-state index contributed by atoms with van der Waals surface area (Å²) in [5.74, 6) is 2.28. The third-order valence-electron chi connectivity index (χ3n) is 3.97. The number of hydrogen-bond donors (Lipinski definition) is 0. The Morgan fingerprint density at radius 1 is 1.50 bits per heavy atom. The van der Waals surface area contributed by atoms with Crippen molar-refractivity contribution in [1.29, 1.82) is 0 Å². The molecule has 5 nitrogen and oxygen atoms in total. The van der Waals surface area contributed by atoms with E-state index < -0.39 is 9.84 Å². The first-order chi connectivity index (χ1) is 8.58. The molecular formula is C12H18N2O3S. The summed E-state index contributed by atoms with van der Waals surface area (Å²) in [7, 11) is -2.84. The van der Waals surface area contributed by atoms with Crippen LogP contribution in [0.4, 0.5) is 0 Å². The molecule has 2 aliphatic heterocycles. The van der Waals surface area contributed by atoms with Crippen molar-refractivity contribution >= 4 is 9.84 Å². The molecule has 18 heavy (non-hydrogen) atoms. The van der Waals surface area contributed by atoms with E-state index in [-0.39, 0.29) is 5.25 Å². The van der Waals surface area contributed by atoms with Crippen LogP contribution in [0.3, 0.4) is 0 Å². The number of hydrogen-bond acceptors (Lipinski definition) is 5. The summed E-state index contributed by atoms with van der Waals surface area (Å²) >= 11 is 0. The monoisotopic (exact) mass is 270 g/mol. The van der Waals surface area contributed by atoms with Crippen LogP contribution in [-0.2, 0) is 22.8 Å². The average molecular weight is 270 g/mol. The Morgan fingerprint density at radius 3 is 3.00 bits per heavy atom. The van der Waals surface area contributed by atoms with Gasteiger partial charge in [-0.15, -0.1) is 0 Å². The van der Waals surface area contributed by atoms with Gasteiger partial charge < -0.3 is 4.42 Å². The molecule has 2 fully saturated rings. The molecule has 3 rings (SSSR count). The number of likely N-dealkylation sites (tertiary alicyclic amines) is 1. The summed E-state index contributed by atoms with van der Waals surface area (Å²) in [5, 5.41) is -0.147. The van der Waals surface area contributed by atoms with Crippen molar-refractivity contribution in [3.8, 4) is 0 Å². The fourth-order valence-corrected chi connectivity index (χ4v) is 5.19. The highest BCUT2D eigenvalue weighted by molar-refractivity contribution is 7.92. The summed E-state index contributed by atoms with van der Waals surface area (Å²) in [6, 6.07) is 0. The van der Waals surface area contributed by atoms with Crippen LogP contribution in [0, 0.1) is 5.92 Å². The van der Waals surface area contributed by atoms with Gasteiger partial charge in [0.15, 0.2) is 15.7 Å². The minimum absolute atomic E-state index is 0.147. The topological polar surface area (TPSA) is 63.4 Å². The van der Waals surface area contributed by atoms with E-state index in [0.717, 1.165) is 31.0 Å². The molecule has 0 amide bonds. The zero-order valence-corrected chi connectivity index (χ0v) is 11.3. The summed E-state index contributed by atoms with van der Waals surface area (Å²) in [5.41, 5.74) is 0. The Kier molecular flexibility index (Phi) is 2.94. The molecule has 0 spiro atoms. The Bertz CT molecular complexity index is 537. The van der Waals surface area contributed by atoms with Crippen molar-refractivity contribution in [3.05, 3.63) is 17.8 Å². The van der Waals surface area contributed by atoms with Crippen molar-refractivity contribution in [2.45, 2.75) is 31.6 Å². The molecule has 2 aliphatic rings. The quantitative estimate of drug-likeness (QED) is 0.815. The fourth-order valence-electron chi connectivity index (χ4n) is 3.01. The Balaban J connectivity index is 1.66. The van der Waals surface area contributed by atoms with Gasteiger partial charge in [0.1, 0.15) is 5.76 Å². The van der Waals surface area contributed by atoms with Crippen LogP contribution < -0.4 is 0 Å². The molecule has 100 valence electrons. The number of rotatable bonds is 3. The van der Waals surface area contributed by atoms with Crippen LogP contribution in [0.5, 0.6) is 0 Å². The molecule has 1 aromatic rings. The van der Waals surface area contributed by atoms with E-state index in [9.17, 15) is 8.42 Å². The zero-order valence-electron chi connectivity index (χ0n) is 10.5. The van der Waals surface area contributed by atoms with Crippen LogP contribution >= 0.6 is 0 Å². The van der Waals surface area contributed by atoms with Gasteiger partial charge in [0.05, 0.1) is 23.7 Å². The van der Waals surface area contributed by atoms with Crippen molar-refractivity contribution in [1.82, 2.24) is 9.88 Å². The van der Waals surface area contributed by atoms with Gasteiger partial charge in [-0.1, -0.05) is 6.92 Å². The predicted molar refractivity (Wildman–Crippen MR) is 66.8 cm³/mol. The molecular weight excluding hydrogens is 252 g/mol. The number of nitrogens with zero attached hydrogens (tertiary/aromatic N) is 2. The van der Waals surface area contributed by atoms with Gasteiger partial charge in [-0.3, -0.25) is 4.90 Å². The molecule has 1 aromatic heterocycles. The molecule has 0 N–H and O–H groups in total. The van der Waals surface area contributed by atoms with Crippen molar-refractivity contribution in [2.24, 2.45) is 5.92 Å². The number of fused-ring (bicyclic) bond motifs is 1. The summed E-state index contributed by atoms with van der Waals surface area (Å²) < 4.78 is 29.2. The van der Waals surface area contributed by atoms with E-state index in [2.05, 4.69) is 9.88 Å². The van der Waals surface area contributed by atoms with Crippen LogP contribution in [0.15, 0.2) is 10.6 Å². The third-order valence-corrected chi connectivity index (χ3v) is 6.24. The van der Waals surface area contributed by atoms with Crippen LogP contribution in [-0.4, -0.2) is 42.4 Å². The Morgan fingerprint density at radius 2 is 2.33 bits per heavy atom. The predicted octanol–water partition coefficient (Wildman–Crippen LogP) is 0.856. The molecule has 0 saturated carbocycles. The second-order valence-corrected chi connectivity index (χ2v) is 7.56. The average Bonchev–Trinajstić information content (AvgIpc) is 2.98. The lowest BCUT2D eigenvalue weighted by atomic mass is 10.1. The Hall–Kier alpha value is -0.880. The van der Waals surface area contributed by atoms with Gasteiger partial charge in [-0.05, 0) is 12.3 Å². The highest BCUT2D eigenvalue weighted by Gasteiger charge is 2.46. The van der Waals surface area contributed by atoms with Gasteiger partial charge in [0.2, 0.25) is 0 Å². The van der Waals surface area contributed by atoms with E-state index in [1.54, 1.807) is 6.20 Å². The maximum Gasteiger partial charge on any atom is 0.194 e. The third kappa shape index (κ3) is 2.07. The van der Waals surface area contributed by atoms with E-state index in [0.29, 0.717) is 24.8 Å². The Labute approximate surface area is 107 Å². The second kappa shape index (κ2) is 4.35. The van der Waals surface area contributed by atoms with Gasteiger partial charge in [0.25, 0.3) is 0 Å². The molecule has 3 heterocycles. The maximum absolute atomic E-state index is 11.8. The molecule has 0 radical (unpaired) electrons. The standard InChI is InChI=1S/C12H18N2O3S/c1-2-12-13-5-10(17-12)7-14-6-9-3-4-18(15,16)11(9)8-14/h5,9,11H,2-4,6-8H2,1H3/t9-,11+/m0/s1. The highest BCUT2D eigenvalue weighted by Crippen LogP contribution is 2.34. The summed E-state index contributed by atoms with van der Waals surface area (Å²) in [6.45, 7) is 4.19. The van der Waals surface area contributed by atoms with Crippen molar-refractivity contribution < 1.29 is 12.8 Å². The number of aromatic nitrogens is 1.